The average Bonchev–Trinajstić information content (AvgIpc) is 2.74. The quantitative estimate of drug-likeness (QED) is 0.759. The van der Waals surface area contributed by atoms with Crippen LogP contribution in [0.4, 0.5) is 10.5 Å². The van der Waals surface area contributed by atoms with Crippen molar-refractivity contribution in [1.29, 1.82) is 0 Å². The molecule has 1 saturated heterocycles. The standard InChI is InChI=1S/C18H24ClN3O3/c1-11(2)8-9-18(4)16(24)22(17(25)21-18)10-15(23)20-14-7-5-6-13(19)12(14)3/h5-7,11H,8-10H2,1-4H3,(H,20,23)(H,21,25). The second-order valence-electron chi connectivity index (χ2n) is 7.05. The number of hydrogen-bond donors (Lipinski definition) is 2. The highest BCUT2D eigenvalue weighted by Gasteiger charge is 2.47. The first-order valence-corrected chi connectivity index (χ1v) is 8.71. The Morgan fingerprint density at radius 3 is 2.68 bits per heavy atom. The van der Waals surface area contributed by atoms with E-state index in [-0.39, 0.29) is 12.5 Å². The third-order valence-electron chi connectivity index (χ3n) is 4.41. The van der Waals surface area contributed by atoms with Crippen LogP contribution >= 0.6 is 11.6 Å². The van der Waals surface area contributed by atoms with Crippen molar-refractivity contribution in [3.63, 3.8) is 0 Å². The number of carbonyl (C=O) groups is 3. The van der Waals surface area contributed by atoms with Crippen molar-refractivity contribution in [2.75, 3.05) is 11.9 Å². The first-order chi connectivity index (χ1) is 11.6. The van der Waals surface area contributed by atoms with Crippen LogP contribution in [0.5, 0.6) is 0 Å². The molecule has 2 rings (SSSR count). The predicted octanol–water partition coefficient (Wildman–Crippen LogP) is 3.33. The Bertz CT molecular complexity index is 705. The summed E-state index contributed by atoms with van der Waals surface area (Å²) in [5.41, 5.74) is 0.344. The maximum absolute atomic E-state index is 12.6. The van der Waals surface area contributed by atoms with E-state index in [4.69, 9.17) is 11.6 Å². The molecule has 7 heteroatoms. The molecule has 1 aromatic rings. The minimum absolute atomic E-state index is 0.326. The van der Waals surface area contributed by atoms with Gasteiger partial charge in [0.25, 0.3) is 5.91 Å². The highest BCUT2D eigenvalue weighted by molar-refractivity contribution is 6.31. The van der Waals surface area contributed by atoms with Gasteiger partial charge in [-0.2, -0.15) is 0 Å². The van der Waals surface area contributed by atoms with Gasteiger partial charge >= 0.3 is 6.03 Å². The van der Waals surface area contributed by atoms with Crippen molar-refractivity contribution in [3.8, 4) is 0 Å². The molecule has 0 saturated carbocycles. The molecule has 1 aliphatic rings. The highest BCUT2D eigenvalue weighted by Crippen LogP contribution is 2.25. The van der Waals surface area contributed by atoms with Gasteiger partial charge in [0, 0.05) is 10.7 Å². The number of hydrogen-bond acceptors (Lipinski definition) is 3. The molecule has 1 unspecified atom stereocenters. The summed E-state index contributed by atoms with van der Waals surface area (Å²) in [4.78, 5) is 38.0. The number of nitrogens with one attached hydrogen (secondary N) is 2. The van der Waals surface area contributed by atoms with Gasteiger partial charge in [0.1, 0.15) is 12.1 Å². The van der Waals surface area contributed by atoms with Crippen molar-refractivity contribution < 1.29 is 14.4 Å². The van der Waals surface area contributed by atoms with Gasteiger partial charge in [-0.05, 0) is 50.3 Å². The van der Waals surface area contributed by atoms with Gasteiger partial charge in [0.05, 0.1) is 0 Å². The fourth-order valence-electron chi connectivity index (χ4n) is 2.71. The number of halogens is 1. The largest absolute Gasteiger partial charge is 0.325 e. The summed E-state index contributed by atoms with van der Waals surface area (Å²) in [5.74, 6) is -0.386. The van der Waals surface area contributed by atoms with Crippen LogP contribution in [0.2, 0.25) is 5.02 Å². The molecule has 1 heterocycles. The van der Waals surface area contributed by atoms with Crippen LogP contribution in [0, 0.1) is 12.8 Å². The summed E-state index contributed by atoms with van der Waals surface area (Å²) in [6, 6.07) is 4.64. The number of benzene rings is 1. The van der Waals surface area contributed by atoms with Crippen molar-refractivity contribution >= 4 is 35.1 Å². The van der Waals surface area contributed by atoms with E-state index in [1.54, 1.807) is 32.0 Å². The lowest BCUT2D eigenvalue weighted by molar-refractivity contribution is -0.133. The minimum Gasteiger partial charge on any atom is -0.324 e. The molecular formula is C18H24ClN3O3. The lowest BCUT2D eigenvalue weighted by atomic mass is 9.92. The zero-order valence-corrected chi connectivity index (χ0v) is 15.7. The summed E-state index contributed by atoms with van der Waals surface area (Å²) < 4.78 is 0. The summed E-state index contributed by atoms with van der Waals surface area (Å²) in [6.45, 7) is 7.28. The van der Waals surface area contributed by atoms with Gasteiger partial charge in [-0.15, -0.1) is 0 Å². The van der Waals surface area contributed by atoms with E-state index in [1.165, 1.54) is 0 Å². The SMILES string of the molecule is Cc1c(Cl)cccc1NC(=O)CN1C(=O)NC(C)(CCC(C)C)C1=O. The Balaban J connectivity index is 2.04. The molecule has 1 aliphatic heterocycles. The summed E-state index contributed by atoms with van der Waals surface area (Å²) >= 11 is 6.03. The molecule has 2 N–H and O–H groups in total. The molecular weight excluding hydrogens is 342 g/mol. The van der Waals surface area contributed by atoms with Crippen LogP contribution in [0.25, 0.3) is 0 Å². The topological polar surface area (TPSA) is 78.5 Å². The van der Waals surface area contributed by atoms with E-state index in [0.29, 0.717) is 23.0 Å². The lowest BCUT2D eigenvalue weighted by Crippen LogP contribution is -2.44. The van der Waals surface area contributed by atoms with Crippen LogP contribution in [0.1, 0.15) is 39.2 Å². The van der Waals surface area contributed by atoms with E-state index in [1.807, 2.05) is 0 Å². The molecule has 6 nitrogen and oxygen atoms in total. The minimum atomic E-state index is -0.951. The van der Waals surface area contributed by atoms with Gasteiger partial charge in [-0.3, -0.25) is 14.5 Å². The van der Waals surface area contributed by atoms with Crippen LogP contribution in [-0.2, 0) is 9.59 Å². The molecule has 0 spiro atoms. The van der Waals surface area contributed by atoms with Gasteiger partial charge < -0.3 is 10.6 Å². The Hall–Kier alpha value is -2.08. The van der Waals surface area contributed by atoms with Crippen molar-refractivity contribution in [2.45, 2.75) is 46.1 Å². The monoisotopic (exact) mass is 365 g/mol. The second kappa shape index (κ2) is 7.44. The Morgan fingerprint density at radius 1 is 1.36 bits per heavy atom. The number of amides is 4. The first-order valence-electron chi connectivity index (χ1n) is 8.33. The maximum Gasteiger partial charge on any atom is 0.325 e. The third-order valence-corrected chi connectivity index (χ3v) is 4.82. The van der Waals surface area contributed by atoms with E-state index in [2.05, 4.69) is 24.5 Å². The van der Waals surface area contributed by atoms with Crippen molar-refractivity contribution in [2.24, 2.45) is 5.92 Å². The number of carbonyl (C=O) groups excluding carboxylic acids is 3. The molecule has 0 radical (unpaired) electrons. The van der Waals surface area contributed by atoms with Crippen molar-refractivity contribution in [3.05, 3.63) is 28.8 Å². The van der Waals surface area contributed by atoms with Crippen LogP contribution in [-0.4, -0.2) is 34.8 Å². The summed E-state index contributed by atoms with van der Waals surface area (Å²) in [6.07, 6.45) is 1.35. The third kappa shape index (κ3) is 4.31. The van der Waals surface area contributed by atoms with E-state index in [9.17, 15) is 14.4 Å². The molecule has 0 bridgehead atoms. The van der Waals surface area contributed by atoms with Gasteiger partial charge in [0.15, 0.2) is 0 Å². The van der Waals surface area contributed by atoms with E-state index in [0.717, 1.165) is 16.9 Å². The van der Waals surface area contributed by atoms with E-state index < -0.39 is 17.5 Å². The molecule has 25 heavy (non-hydrogen) atoms. The first kappa shape index (κ1) is 19.2. The zero-order chi connectivity index (χ0) is 18.8. The molecule has 0 aliphatic carbocycles. The Kier molecular flexibility index (Phi) is 5.72. The van der Waals surface area contributed by atoms with Gasteiger partial charge in [-0.25, -0.2) is 4.79 Å². The fourth-order valence-corrected chi connectivity index (χ4v) is 2.89. The number of anilines is 1. The molecule has 136 valence electrons. The summed E-state index contributed by atoms with van der Waals surface area (Å²) in [7, 11) is 0. The van der Waals surface area contributed by atoms with E-state index >= 15 is 0 Å². The Morgan fingerprint density at radius 2 is 2.04 bits per heavy atom. The lowest BCUT2D eigenvalue weighted by Gasteiger charge is -2.22. The highest BCUT2D eigenvalue weighted by atomic mass is 35.5. The number of rotatable bonds is 6. The normalized spacial score (nSPS) is 20.2. The van der Waals surface area contributed by atoms with Crippen LogP contribution in [0.15, 0.2) is 18.2 Å². The second-order valence-corrected chi connectivity index (χ2v) is 7.45. The fraction of sp³-hybridized carbons (Fsp3) is 0.500. The van der Waals surface area contributed by atoms with Crippen molar-refractivity contribution in [1.82, 2.24) is 10.2 Å². The smallest absolute Gasteiger partial charge is 0.324 e. The molecule has 1 atom stereocenters. The van der Waals surface area contributed by atoms with Crippen LogP contribution in [0.3, 0.4) is 0 Å². The van der Waals surface area contributed by atoms with Gasteiger partial charge in [-0.1, -0.05) is 31.5 Å². The number of nitrogens with zero attached hydrogens (tertiary/aromatic N) is 1. The molecule has 4 amide bonds. The maximum atomic E-state index is 12.6. The Labute approximate surface area is 152 Å². The molecule has 0 aromatic heterocycles. The average molecular weight is 366 g/mol. The van der Waals surface area contributed by atoms with Gasteiger partial charge in [0.2, 0.25) is 5.91 Å². The molecule has 1 fully saturated rings. The number of urea groups is 1. The summed E-state index contributed by atoms with van der Waals surface area (Å²) in [5, 5.41) is 5.95. The van der Waals surface area contributed by atoms with Crippen LogP contribution < -0.4 is 10.6 Å². The molecule has 1 aromatic carbocycles. The zero-order valence-electron chi connectivity index (χ0n) is 15.0. The number of imide groups is 1. The predicted molar refractivity (Wildman–Crippen MR) is 97.5 cm³/mol.